The molecule has 1 saturated carbocycles. The molecule has 0 aliphatic heterocycles. The Morgan fingerprint density at radius 2 is 2.20 bits per heavy atom. The first-order valence-electron chi connectivity index (χ1n) is 5.65. The standard InChI is InChI=1S/C12H20O3/c1-4-15-11(14)8-9-10(13)6-5-7-12(9,2)3/h9H,4-8H2,1-3H3/t9-/m1/s1. The number of esters is 1. The molecular formula is C12H20O3. The first-order chi connectivity index (χ1) is 6.97. The molecule has 3 heteroatoms. The number of carbonyl (C=O) groups excluding carboxylic acids is 2. The maximum atomic E-state index is 11.7. The molecule has 1 rings (SSSR count). The van der Waals surface area contributed by atoms with Gasteiger partial charge in [0.15, 0.2) is 0 Å². The van der Waals surface area contributed by atoms with Crippen molar-refractivity contribution in [3.05, 3.63) is 0 Å². The van der Waals surface area contributed by atoms with Crippen molar-refractivity contribution in [2.24, 2.45) is 11.3 Å². The van der Waals surface area contributed by atoms with Crippen LogP contribution in [0.3, 0.4) is 0 Å². The quantitative estimate of drug-likeness (QED) is 0.674. The second-order valence-corrected chi connectivity index (χ2v) is 4.87. The van der Waals surface area contributed by atoms with E-state index >= 15 is 0 Å². The summed E-state index contributed by atoms with van der Waals surface area (Å²) in [5.74, 6) is -0.171. The van der Waals surface area contributed by atoms with Crippen molar-refractivity contribution in [1.82, 2.24) is 0 Å². The smallest absolute Gasteiger partial charge is 0.306 e. The molecular weight excluding hydrogens is 192 g/mol. The Morgan fingerprint density at radius 3 is 2.73 bits per heavy atom. The molecule has 1 aliphatic carbocycles. The van der Waals surface area contributed by atoms with Gasteiger partial charge in [-0.3, -0.25) is 9.59 Å². The predicted molar refractivity (Wildman–Crippen MR) is 57.4 cm³/mol. The molecule has 1 aliphatic rings. The zero-order valence-electron chi connectivity index (χ0n) is 9.84. The largest absolute Gasteiger partial charge is 0.466 e. The van der Waals surface area contributed by atoms with Gasteiger partial charge >= 0.3 is 5.97 Å². The minimum atomic E-state index is -0.245. The van der Waals surface area contributed by atoms with Crippen LogP contribution in [-0.4, -0.2) is 18.4 Å². The lowest BCUT2D eigenvalue weighted by atomic mass is 9.67. The number of hydrogen-bond donors (Lipinski definition) is 0. The van der Waals surface area contributed by atoms with Crippen molar-refractivity contribution in [3.8, 4) is 0 Å². The molecule has 0 aromatic rings. The van der Waals surface area contributed by atoms with Crippen LogP contribution in [-0.2, 0) is 14.3 Å². The Morgan fingerprint density at radius 1 is 1.53 bits per heavy atom. The van der Waals surface area contributed by atoms with Crippen molar-refractivity contribution in [2.75, 3.05) is 6.61 Å². The van der Waals surface area contributed by atoms with Crippen LogP contribution < -0.4 is 0 Å². The molecule has 0 heterocycles. The molecule has 0 spiro atoms. The fraction of sp³-hybridized carbons (Fsp3) is 0.833. The van der Waals surface area contributed by atoms with E-state index in [2.05, 4.69) is 13.8 Å². The summed E-state index contributed by atoms with van der Waals surface area (Å²) in [5.41, 5.74) is -0.0535. The van der Waals surface area contributed by atoms with Crippen LogP contribution in [0.15, 0.2) is 0 Å². The minimum absolute atomic E-state index is 0.0535. The summed E-state index contributed by atoms with van der Waals surface area (Å²) in [6.45, 7) is 6.30. The minimum Gasteiger partial charge on any atom is -0.466 e. The first kappa shape index (κ1) is 12.2. The molecule has 1 atom stereocenters. The number of rotatable bonds is 3. The van der Waals surface area contributed by atoms with Crippen LogP contribution in [0.25, 0.3) is 0 Å². The zero-order chi connectivity index (χ0) is 11.5. The third-order valence-corrected chi connectivity index (χ3v) is 3.25. The summed E-state index contributed by atoms with van der Waals surface area (Å²) in [7, 11) is 0. The van der Waals surface area contributed by atoms with E-state index in [1.807, 2.05) is 0 Å². The van der Waals surface area contributed by atoms with E-state index < -0.39 is 0 Å². The average molecular weight is 212 g/mol. The van der Waals surface area contributed by atoms with Gasteiger partial charge in [-0.05, 0) is 25.2 Å². The molecule has 86 valence electrons. The lowest BCUT2D eigenvalue weighted by Gasteiger charge is -2.36. The van der Waals surface area contributed by atoms with Crippen molar-refractivity contribution in [1.29, 1.82) is 0 Å². The van der Waals surface area contributed by atoms with Gasteiger partial charge in [0.2, 0.25) is 0 Å². The van der Waals surface area contributed by atoms with Gasteiger partial charge in [0.05, 0.1) is 13.0 Å². The number of hydrogen-bond acceptors (Lipinski definition) is 3. The summed E-state index contributed by atoms with van der Waals surface area (Å²) >= 11 is 0. The molecule has 0 amide bonds. The van der Waals surface area contributed by atoms with E-state index in [0.717, 1.165) is 12.8 Å². The normalized spacial score (nSPS) is 25.0. The predicted octanol–water partition coefficient (Wildman–Crippen LogP) is 2.33. The van der Waals surface area contributed by atoms with Gasteiger partial charge in [-0.2, -0.15) is 0 Å². The highest BCUT2D eigenvalue weighted by Gasteiger charge is 2.39. The van der Waals surface area contributed by atoms with Crippen LogP contribution in [0, 0.1) is 11.3 Å². The van der Waals surface area contributed by atoms with Gasteiger partial charge in [-0.15, -0.1) is 0 Å². The van der Waals surface area contributed by atoms with E-state index in [0.29, 0.717) is 13.0 Å². The number of ether oxygens (including phenoxy) is 1. The SMILES string of the molecule is CCOC(=O)C[C@@H]1C(=O)CCCC1(C)C. The van der Waals surface area contributed by atoms with Crippen molar-refractivity contribution >= 4 is 11.8 Å². The summed E-state index contributed by atoms with van der Waals surface area (Å²) < 4.78 is 4.90. The molecule has 0 bridgehead atoms. The summed E-state index contributed by atoms with van der Waals surface area (Å²) in [6.07, 6.45) is 2.83. The Balaban J connectivity index is 2.63. The molecule has 0 aromatic carbocycles. The highest BCUT2D eigenvalue weighted by molar-refractivity contribution is 5.86. The summed E-state index contributed by atoms with van der Waals surface area (Å²) in [6, 6.07) is 0. The second-order valence-electron chi connectivity index (χ2n) is 4.87. The fourth-order valence-corrected chi connectivity index (χ4v) is 2.28. The van der Waals surface area contributed by atoms with Crippen LogP contribution in [0.2, 0.25) is 0 Å². The van der Waals surface area contributed by atoms with E-state index in [4.69, 9.17) is 4.74 Å². The van der Waals surface area contributed by atoms with E-state index in [1.165, 1.54) is 0 Å². The molecule has 0 aromatic heterocycles. The molecule has 0 unspecified atom stereocenters. The van der Waals surface area contributed by atoms with Crippen molar-refractivity contribution in [2.45, 2.75) is 46.5 Å². The van der Waals surface area contributed by atoms with Gasteiger partial charge in [0.1, 0.15) is 5.78 Å². The molecule has 0 N–H and O–H groups in total. The monoisotopic (exact) mass is 212 g/mol. The van der Waals surface area contributed by atoms with Crippen LogP contribution in [0.5, 0.6) is 0 Å². The first-order valence-corrected chi connectivity index (χ1v) is 5.65. The lowest BCUT2D eigenvalue weighted by Crippen LogP contribution is -2.37. The van der Waals surface area contributed by atoms with Gasteiger partial charge in [0, 0.05) is 12.3 Å². The Labute approximate surface area is 91.2 Å². The molecule has 15 heavy (non-hydrogen) atoms. The van der Waals surface area contributed by atoms with Gasteiger partial charge < -0.3 is 4.74 Å². The maximum absolute atomic E-state index is 11.7. The van der Waals surface area contributed by atoms with Crippen molar-refractivity contribution < 1.29 is 14.3 Å². The molecule has 0 radical (unpaired) electrons. The van der Waals surface area contributed by atoms with E-state index in [1.54, 1.807) is 6.92 Å². The third kappa shape index (κ3) is 3.05. The fourth-order valence-electron chi connectivity index (χ4n) is 2.28. The van der Waals surface area contributed by atoms with E-state index in [-0.39, 0.29) is 29.5 Å². The number of carbonyl (C=O) groups is 2. The Hall–Kier alpha value is -0.860. The zero-order valence-corrected chi connectivity index (χ0v) is 9.84. The highest BCUT2D eigenvalue weighted by atomic mass is 16.5. The van der Waals surface area contributed by atoms with Crippen LogP contribution in [0.1, 0.15) is 46.5 Å². The van der Waals surface area contributed by atoms with Crippen LogP contribution in [0.4, 0.5) is 0 Å². The molecule has 0 saturated heterocycles. The van der Waals surface area contributed by atoms with Gasteiger partial charge in [0.25, 0.3) is 0 Å². The maximum Gasteiger partial charge on any atom is 0.306 e. The topological polar surface area (TPSA) is 43.4 Å². The summed E-state index contributed by atoms with van der Waals surface area (Å²) in [4.78, 5) is 23.1. The number of ketones is 1. The number of Topliss-reactive ketones (excluding diaryl/α,β-unsaturated/α-hetero) is 1. The lowest BCUT2D eigenvalue weighted by molar-refractivity contribution is -0.149. The van der Waals surface area contributed by atoms with Crippen molar-refractivity contribution in [3.63, 3.8) is 0 Å². The van der Waals surface area contributed by atoms with Gasteiger partial charge in [-0.1, -0.05) is 13.8 Å². The second kappa shape index (κ2) is 4.77. The third-order valence-electron chi connectivity index (χ3n) is 3.25. The average Bonchev–Trinajstić information content (AvgIpc) is 2.12. The van der Waals surface area contributed by atoms with E-state index in [9.17, 15) is 9.59 Å². The van der Waals surface area contributed by atoms with Crippen LogP contribution >= 0.6 is 0 Å². The highest BCUT2D eigenvalue weighted by Crippen LogP contribution is 2.40. The molecule has 3 nitrogen and oxygen atoms in total. The van der Waals surface area contributed by atoms with Gasteiger partial charge in [-0.25, -0.2) is 0 Å². The Kier molecular flexibility index (Phi) is 3.89. The molecule has 1 fully saturated rings. The Bertz CT molecular complexity index is 256. The summed E-state index contributed by atoms with van der Waals surface area (Å²) in [5, 5.41) is 0.